The molecular weight excluding hydrogens is 284 g/mol. The van der Waals surface area contributed by atoms with Crippen molar-refractivity contribution in [3.63, 3.8) is 0 Å². The average molecular weight is 311 g/mol. The van der Waals surface area contributed by atoms with Gasteiger partial charge in [0, 0.05) is 5.56 Å². The second-order valence-corrected chi connectivity index (χ2v) is 6.10. The van der Waals surface area contributed by atoms with E-state index >= 15 is 0 Å². The van der Waals surface area contributed by atoms with Gasteiger partial charge in [0.2, 0.25) is 0 Å². The third-order valence-electron chi connectivity index (χ3n) is 4.16. The van der Waals surface area contributed by atoms with Gasteiger partial charge in [0.1, 0.15) is 0 Å². The molecule has 0 N–H and O–H groups in total. The number of rotatable bonds is 10. The Kier molecular flexibility index (Phi) is 7.58. The highest BCUT2D eigenvalue weighted by Crippen LogP contribution is 2.16. The number of aromatic nitrogens is 2. The van der Waals surface area contributed by atoms with Gasteiger partial charge in [0.25, 0.3) is 0 Å². The van der Waals surface area contributed by atoms with E-state index in [2.05, 4.69) is 29.9 Å². The van der Waals surface area contributed by atoms with E-state index in [0.29, 0.717) is 0 Å². The van der Waals surface area contributed by atoms with Gasteiger partial charge in [-0.25, -0.2) is 9.97 Å². The normalized spacial score (nSPS) is 12.1. The van der Waals surface area contributed by atoms with E-state index in [0.717, 1.165) is 36.1 Å². The molecule has 1 aromatic heterocycles. The summed E-state index contributed by atoms with van der Waals surface area (Å²) in [5.74, 6) is 2.33. The lowest BCUT2D eigenvalue weighted by molar-refractivity contribution is 0.301. The Bertz CT molecular complexity index is 539. The zero-order chi connectivity index (χ0) is 16.3. The number of ether oxygens (including phenoxy) is 1. The summed E-state index contributed by atoms with van der Waals surface area (Å²) in [5, 5.41) is 0. The van der Waals surface area contributed by atoms with Crippen LogP contribution in [0.25, 0.3) is 11.4 Å². The molecule has 1 atom stereocenters. The monoisotopic (exact) mass is 311 g/mol. The minimum atomic E-state index is 0.719. The Labute approximate surface area is 140 Å². The van der Waals surface area contributed by atoms with Crippen LogP contribution in [0.1, 0.15) is 52.4 Å². The molecule has 3 heteroatoms. The van der Waals surface area contributed by atoms with Gasteiger partial charge in [0.15, 0.2) is 11.6 Å². The molecule has 0 saturated heterocycles. The van der Waals surface area contributed by atoms with Gasteiger partial charge in [-0.1, -0.05) is 70.2 Å². The van der Waals surface area contributed by atoms with E-state index in [9.17, 15) is 0 Å². The summed E-state index contributed by atoms with van der Waals surface area (Å²) >= 11 is 0. The summed E-state index contributed by atoms with van der Waals surface area (Å²) in [7, 11) is 0. The van der Waals surface area contributed by atoms with Crippen molar-refractivity contribution in [2.24, 2.45) is 5.92 Å². The Hall–Kier alpha value is -1.90. The smallest absolute Gasteiger partial charge is 0.159 e. The van der Waals surface area contributed by atoms with E-state index in [-0.39, 0.29) is 0 Å². The summed E-state index contributed by atoms with van der Waals surface area (Å²) in [4.78, 5) is 8.71. The Morgan fingerprint density at radius 3 is 2.43 bits per heavy atom. The van der Waals surface area contributed by atoms with E-state index < -0.39 is 0 Å². The van der Waals surface area contributed by atoms with Crippen molar-refractivity contribution in [1.29, 1.82) is 0 Å². The third-order valence-corrected chi connectivity index (χ3v) is 4.16. The molecular formula is C20H27N2O. The zero-order valence-electron chi connectivity index (χ0n) is 14.3. The summed E-state index contributed by atoms with van der Waals surface area (Å²) in [5.41, 5.74) is 0.997. The van der Waals surface area contributed by atoms with Gasteiger partial charge >= 0.3 is 0 Å². The molecule has 0 amide bonds. The third kappa shape index (κ3) is 6.39. The maximum absolute atomic E-state index is 5.71. The molecule has 0 aliphatic rings. The SMILES string of the molecule is CCC(C)CCCCCCOc1cnc(-c2cc[c]cc2)nc1. The number of unbranched alkanes of at least 4 members (excludes halogenated alkanes) is 3. The first-order valence-corrected chi connectivity index (χ1v) is 8.71. The van der Waals surface area contributed by atoms with Gasteiger partial charge in [-0.3, -0.25) is 0 Å². The number of nitrogens with zero attached hydrogens (tertiary/aromatic N) is 2. The summed E-state index contributed by atoms with van der Waals surface area (Å²) in [6.07, 6.45) is 11.1. The van der Waals surface area contributed by atoms with Crippen molar-refractivity contribution in [2.45, 2.75) is 52.4 Å². The van der Waals surface area contributed by atoms with Gasteiger partial charge < -0.3 is 4.74 Å². The highest BCUT2D eigenvalue weighted by atomic mass is 16.5. The first-order valence-electron chi connectivity index (χ1n) is 8.71. The second-order valence-electron chi connectivity index (χ2n) is 6.10. The fraction of sp³-hybridized carbons (Fsp3) is 0.500. The molecule has 23 heavy (non-hydrogen) atoms. The minimum Gasteiger partial charge on any atom is -0.490 e. The maximum atomic E-state index is 5.71. The number of hydrogen-bond donors (Lipinski definition) is 0. The van der Waals surface area contributed by atoms with Crippen molar-refractivity contribution in [3.8, 4) is 17.1 Å². The molecule has 0 aliphatic carbocycles. The van der Waals surface area contributed by atoms with Crippen LogP contribution >= 0.6 is 0 Å². The van der Waals surface area contributed by atoms with Crippen molar-refractivity contribution < 1.29 is 4.74 Å². The van der Waals surface area contributed by atoms with E-state index in [4.69, 9.17) is 4.74 Å². The van der Waals surface area contributed by atoms with Gasteiger partial charge in [0.05, 0.1) is 19.0 Å². The molecule has 2 rings (SSSR count). The topological polar surface area (TPSA) is 35.0 Å². The maximum Gasteiger partial charge on any atom is 0.159 e. The standard InChI is InChI=1S/C20H27N2O/c1-3-17(2)11-7-4-5-10-14-23-19-15-21-20(22-16-19)18-12-8-6-9-13-18/h8-9,12-13,15-17H,3-5,7,10-11,14H2,1-2H3. The van der Waals surface area contributed by atoms with Crippen molar-refractivity contribution >= 4 is 0 Å². The fourth-order valence-electron chi connectivity index (χ4n) is 2.42. The average Bonchev–Trinajstić information content (AvgIpc) is 2.62. The van der Waals surface area contributed by atoms with Gasteiger partial charge in [-0.05, 0) is 18.4 Å². The summed E-state index contributed by atoms with van der Waals surface area (Å²) in [6, 6.07) is 10.6. The molecule has 0 aliphatic heterocycles. The van der Waals surface area contributed by atoms with Gasteiger partial charge in [-0.2, -0.15) is 0 Å². The lowest BCUT2D eigenvalue weighted by Gasteiger charge is -2.08. The first kappa shape index (κ1) is 17.5. The molecule has 1 heterocycles. The number of benzene rings is 1. The molecule has 0 saturated carbocycles. The van der Waals surface area contributed by atoms with Crippen LogP contribution in [0, 0.1) is 12.0 Å². The quantitative estimate of drug-likeness (QED) is 0.557. The highest BCUT2D eigenvalue weighted by Gasteiger charge is 2.02. The predicted octanol–water partition coefficient (Wildman–Crippen LogP) is 5.32. The second kappa shape index (κ2) is 9.98. The molecule has 1 radical (unpaired) electrons. The van der Waals surface area contributed by atoms with E-state index in [1.165, 1.54) is 32.1 Å². The first-order chi connectivity index (χ1) is 11.3. The Morgan fingerprint density at radius 2 is 1.74 bits per heavy atom. The lowest BCUT2D eigenvalue weighted by Crippen LogP contribution is -1.99. The van der Waals surface area contributed by atoms with Crippen molar-refractivity contribution in [3.05, 3.63) is 42.7 Å². The fourth-order valence-corrected chi connectivity index (χ4v) is 2.42. The molecule has 2 aromatic rings. The van der Waals surface area contributed by atoms with Crippen LogP contribution in [0.3, 0.4) is 0 Å². The molecule has 1 aromatic carbocycles. The van der Waals surface area contributed by atoms with Crippen LogP contribution < -0.4 is 4.74 Å². The van der Waals surface area contributed by atoms with Gasteiger partial charge in [-0.15, -0.1) is 0 Å². The Morgan fingerprint density at radius 1 is 1.04 bits per heavy atom. The number of hydrogen-bond acceptors (Lipinski definition) is 3. The van der Waals surface area contributed by atoms with Crippen LogP contribution in [0.5, 0.6) is 5.75 Å². The summed E-state index contributed by atoms with van der Waals surface area (Å²) in [6.45, 7) is 5.34. The highest BCUT2D eigenvalue weighted by molar-refractivity contribution is 5.54. The van der Waals surface area contributed by atoms with Crippen LogP contribution in [0.2, 0.25) is 0 Å². The predicted molar refractivity (Wildman–Crippen MR) is 94.3 cm³/mol. The van der Waals surface area contributed by atoms with Crippen LogP contribution in [0.4, 0.5) is 0 Å². The molecule has 3 nitrogen and oxygen atoms in total. The lowest BCUT2D eigenvalue weighted by atomic mass is 10.0. The largest absolute Gasteiger partial charge is 0.490 e. The molecule has 123 valence electrons. The van der Waals surface area contributed by atoms with Crippen LogP contribution in [0.15, 0.2) is 36.7 Å². The molecule has 0 bridgehead atoms. The minimum absolute atomic E-state index is 0.719. The van der Waals surface area contributed by atoms with Crippen LogP contribution in [-0.4, -0.2) is 16.6 Å². The zero-order valence-corrected chi connectivity index (χ0v) is 14.3. The van der Waals surface area contributed by atoms with Crippen molar-refractivity contribution in [1.82, 2.24) is 9.97 Å². The van der Waals surface area contributed by atoms with E-state index in [1.54, 1.807) is 12.4 Å². The van der Waals surface area contributed by atoms with E-state index in [1.807, 2.05) is 24.3 Å². The van der Waals surface area contributed by atoms with Crippen molar-refractivity contribution in [2.75, 3.05) is 6.61 Å². The van der Waals surface area contributed by atoms with Crippen LogP contribution in [-0.2, 0) is 0 Å². The Balaban J connectivity index is 1.63. The summed E-state index contributed by atoms with van der Waals surface area (Å²) < 4.78 is 5.71. The molecule has 0 spiro atoms. The molecule has 0 fully saturated rings. The molecule has 1 unspecified atom stereocenters.